The summed E-state index contributed by atoms with van der Waals surface area (Å²) in [5.74, 6) is 1.16. The van der Waals surface area contributed by atoms with Crippen molar-refractivity contribution >= 4 is 28.9 Å². The SMILES string of the molecule is O=C(CSc1n[nH]c(-c2cccs2)n1)c1ccc2c(c1)-c1ccccc1C2. The summed E-state index contributed by atoms with van der Waals surface area (Å²) in [6, 6.07) is 18.4. The molecule has 6 heteroatoms. The Morgan fingerprint density at radius 1 is 1.07 bits per heavy atom. The van der Waals surface area contributed by atoms with Gasteiger partial charge in [0.15, 0.2) is 11.6 Å². The summed E-state index contributed by atoms with van der Waals surface area (Å²) in [5, 5.41) is 9.74. The van der Waals surface area contributed by atoms with Gasteiger partial charge in [-0.3, -0.25) is 9.89 Å². The third-order valence-corrected chi connectivity index (χ3v) is 6.40. The second kappa shape index (κ2) is 6.79. The number of thioether (sulfide) groups is 1. The minimum absolute atomic E-state index is 0.0923. The van der Waals surface area contributed by atoms with Gasteiger partial charge >= 0.3 is 0 Å². The molecule has 0 amide bonds. The number of carbonyl (C=O) groups excluding carboxylic acids is 1. The van der Waals surface area contributed by atoms with Crippen LogP contribution in [0.4, 0.5) is 0 Å². The molecule has 27 heavy (non-hydrogen) atoms. The molecule has 0 fully saturated rings. The van der Waals surface area contributed by atoms with Crippen LogP contribution in [-0.2, 0) is 6.42 Å². The number of nitrogens with zero attached hydrogens (tertiary/aromatic N) is 2. The topological polar surface area (TPSA) is 58.6 Å². The lowest BCUT2D eigenvalue weighted by Gasteiger charge is -2.04. The smallest absolute Gasteiger partial charge is 0.209 e. The first-order valence-corrected chi connectivity index (χ1v) is 10.5. The Kier molecular flexibility index (Phi) is 4.14. The van der Waals surface area contributed by atoms with E-state index in [9.17, 15) is 4.79 Å². The maximum absolute atomic E-state index is 12.7. The molecule has 0 aliphatic heterocycles. The highest BCUT2D eigenvalue weighted by molar-refractivity contribution is 7.99. The second-order valence-electron chi connectivity index (χ2n) is 6.36. The van der Waals surface area contributed by atoms with E-state index >= 15 is 0 Å². The Hall–Kier alpha value is -2.70. The number of ketones is 1. The van der Waals surface area contributed by atoms with E-state index in [0.29, 0.717) is 10.9 Å². The Balaban J connectivity index is 1.31. The van der Waals surface area contributed by atoms with Crippen molar-refractivity contribution in [2.75, 3.05) is 5.75 Å². The van der Waals surface area contributed by atoms with Crippen molar-refractivity contribution in [1.29, 1.82) is 0 Å². The number of fused-ring (bicyclic) bond motifs is 3. The zero-order valence-corrected chi connectivity index (χ0v) is 15.9. The highest BCUT2D eigenvalue weighted by atomic mass is 32.2. The molecule has 0 bridgehead atoms. The molecule has 2 aromatic carbocycles. The highest BCUT2D eigenvalue weighted by Crippen LogP contribution is 2.37. The van der Waals surface area contributed by atoms with Crippen LogP contribution in [-0.4, -0.2) is 26.7 Å². The number of H-pyrrole nitrogens is 1. The van der Waals surface area contributed by atoms with Gasteiger partial charge in [-0.1, -0.05) is 54.2 Å². The van der Waals surface area contributed by atoms with Crippen LogP contribution in [0.25, 0.3) is 21.8 Å². The Morgan fingerprint density at radius 2 is 1.96 bits per heavy atom. The molecule has 2 heterocycles. The molecule has 0 saturated heterocycles. The minimum Gasteiger partial charge on any atom is -0.293 e. The number of hydrogen-bond acceptors (Lipinski definition) is 5. The molecule has 5 rings (SSSR count). The number of hydrogen-bond donors (Lipinski definition) is 1. The fraction of sp³-hybridized carbons (Fsp3) is 0.0952. The first-order chi connectivity index (χ1) is 13.3. The van der Waals surface area contributed by atoms with E-state index in [-0.39, 0.29) is 5.78 Å². The zero-order chi connectivity index (χ0) is 18.2. The molecule has 0 atom stereocenters. The standard InChI is InChI=1S/C21H15N3OS2/c25-18(12-27-21-22-20(23-24-21)19-6-3-9-26-19)15-8-7-14-10-13-4-1-2-5-16(13)17(14)11-15/h1-9,11H,10,12H2,(H,22,23,24). The molecule has 0 spiro atoms. The van der Waals surface area contributed by atoms with Crippen molar-refractivity contribution in [3.63, 3.8) is 0 Å². The maximum atomic E-state index is 12.7. The third-order valence-electron chi connectivity index (χ3n) is 4.67. The molecular weight excluding hydrogens is 374 g/mol. The van der Waals surface area contributed by atoms with Gasteiger partial charge < -0.3 is 0 Å². The van der Waals surface area contributed by atoms with Gasteiger partial charge in [0.1, 0.15) is 0 Å². The lowest BCUT2D eigenvalue weighted by Crippen LogP contribution is -2.03. The van der Waals surface area contributed by atoms with Gasteiger partial charge in [-0.05, 0) is 46.2 Å². The van der Waals surface area contributed by atoms with E-state index in [4.69, 9.17) is 0 Å². The summed E-state index contributed by atoms with van der Waals surface area (Å²) < 4.78 is 0. The summed E-state index contributed by atoms with van der Waals surface area (Å²) in [6.07, 6.45) is 0.942. The van der Waals surface area contributed by atoms with Crippen LogP contribution in [0.5, 0.6) is 0 Å². The van der Waals surface area contributed by atoms with Gasteiger partial charge in [0.25, 0.3) is 0 Å². The molecule has 4 aromatic rings. The van der Waals surface area contributed by atoms with Crippen LogP contribution >= 0.6 is 23.1 Å². The lowest BCUT2D eigenvalue weighted by atomic mass is 10.0. The molecule has 132 valence electrons. The molecule has 2 aromatic heterocycles. The predicted octanol–water partition coefficient (Wildman–Crippen LogP) is 5.08. The molecule has 1 N–H and O–H groups in total. The maximum Gasteiger partial charge on any atom is 0.209 e. The number of aromatic amines is 1. The van der Waals surface area contributed by atoms with Crippen LogP contribution in [0.2, 0.25) is 0 Å². The quantitative estimate of drug-likeness (QED) is 0.336. The Bertz CT molecular complexity index is 1130. The van der Waals surface area contributed by atoms with Gasteiger partial charge in [-0.2, -0.15) is 0 Å². The van der Waals surface area contributed by atoms with Crippen molar-refractivity contribution in [2.45, 2.75) is 11.6 Å². The summed E-state index contributed by atoms with van der Waals surface area (Å²) in [4.78, 5) is 18.2. The van der Waals surface area contributed by atoms with Crippen LogP contribution in [0, 0.1) is 0 Å². The molecule has 4 nitrogen and oxygen atoms in total. The molecule has 1 aliphatic rings. The fourth-order valence-corrected chi connectivity index (χ4v) is 4.70. The second-order valence-corrected chi connectivity index (χ2v) is 8.25. The van der Waals surface area contributed by atoms with Crippen LogP contribution < -0.4 is 0 Å². The van der Waals surface area contributed by atoms with Gasteiger partial charge in [-0.25, -0.2) is 4.98 Å². The number of thiophene rings is 1. The summed E-state index contributed by atoms with van der Waals surface area (Å²) in [5.41, 5.74) is 5.78. The van der Waals surface area contributed by atoms with E-state index in [1.807, 2.05) is 35.7 Å². The van der Waals surface area contributed by atoms with E-state index in [1.54, 1.807) is 11.3 Å². The van der Waals surface area contributed by atoms with Crippen molar-refractivity contribution in [1.82, 2.24) is 15.2 Å². The van der Waals surface area contributed by atoms with Gasteiger partial charge in [0.05, 0.1) is 10.6 Å². The highest BCUT2D eigenvalue weighted by Gasteiger charge is 2.19. The molecule has 0 saturated carbocycles. The normalized spacial score (nSPS) is 12.0. The fourth-order valence-electron chi connectivity index (χ4n) is 3.35. The largest absolute Gasteiger partial charge is 0.293 e. The van der Waals surface area contributed by atoms with Crippen molar-refractivity contribution in [3.8, 4) is 21.8 Å². The van der Waals surface area contributed by atoms with Gasteiger partial charge in [0.2, 0.25) is 5.16 Å². The monoisotopic (exact) mass is 389 g/mol. The summed E-state index contributed by atoms with van der Waals surface area (Å²) >= 11 is 2.97. The summed E-state index contributed by atoms with van der Waals surface area (Å²) in [7, 11) is 0. The first-order valence-electron chi connectivity index (χ1n) is 8.61. The number of benzene rings is 2. The number of Topliss-reactive ketones (excluding diaryl/α,β-unsaturated/α-hetero) is 1. The van der Waals surface area contributed by atoms with Crippen molar-refractivity contribution in [2.24, 2.45) is 0 Å². The van der Waals surface area contributed by atoms with Crippen molar-refractivity contribution in [3.05, 3.63) is 76.7 Å². The summed E-state index contributed by atoms with van der Waals surface area (Å²) in [6.45, 7) is 0. The molecule has 1 aliphatic carbocycles. The molecular formula is C21H15N3OS2. The third kappa shape index (κ3) is 3.11. The molecule has 0 radical (unpaired) electrons. The average molecular weight is 390 g/mol. The van der Waals surface area contributed by atoms with Gasteiger partial charge in [0, 0.05) is 5.56 Å². The van der Waals surface area contributed by atoms with Crippen LogP contribution in [0.15, 0.2) is 65.1 Å². The average Bonchev–Trinajstić information content (AvgIpc) is 3.44. The van der Waals surface area contributed by atoms with E-state index in [2.05, 4.69) is 39.4 Å². The lowest BCUT2D eigenvalue weighted by molar-refractivity contribution is 0.102. The Labute approximate surface area is 164 Å². The number of rotatable bonds is 5. The minimum atomic E-state index is 0.0923. The van der Waals surface area contributed by atoms with E-state index in [0.717, 1.165) is 22.7 Å². The number of carbonyl (C=O) groups is 1. The predicted molar refractivity (Wildman–Crippen MR) is 109 cm³/mol. The van der Waals surface area contributed by atoms with E-state index in [1.165, 1.54) is 34.0 Å². The van der Waals surface area contributed by atoms with Crippen LogP contribution in [0.1, 0.15) is 21.5 Å². The van der Waals surface area contributed by atoms with Gasteiger partial charge in [-0.15, -0.1) is 16.4 Å². The Morgan fingerprint density at radius 3 is 2.85 bits per heavy atom. The van der Waals surface area contributed by atoms with E-state index < -0.39 is 0 Å². The number of aromatic nitrogens is 3. The molecule has 0 unspecified atom stereocenters. The van der Waals surface area contributed by atoms with Crippen molar-refractivity contribution < 1.29 is 4.79 Å². The van der Waals surface area contributed by atoms with Crippen LogP contribution in [0.3, 0.4) is 0 Å². The zero-order valence-electron chi connectivity index (χ0n) is 14.3. The first kappa shape index (κ1) is 16.5. The number of nitrogens with one attached hydrogen (secondary N) is 1.